The van der Waals surface area contributed by atoms with E-state index in [0.29, 0.717) is 27.9 Å². The lowest BCUT2D eigenvalue weighted by molar-refractivity contribution is -0.169. The molecule has 74 heavy (non-hydrogen) atoms. The smallest absolute Gasteiger partial charge is 0.391 e. The number of esters is 1. The molecule has 1 heterocycles. The van der Waals surface area contributed by atoms with Crippen LogP contribution in [0, 0.1) is 23.2 Å². The van der Waals surface area contributed by atoms with Gasteiger partial charge in [-0.15, -0.1) is 0 Å². The molecule has 0 bridgehead atoms. The molecule has 5 amide bonds. The first-order valence-corrected chi connectivity index (χ1v) is 24.6. The average Bonchev–Trinajstić information content (AvgIpc) is 3.66. The summed E-state index contributed by atoms with van der Waals surface area (Å²) in [5, 5.41) is 24.1. The van der Waals surface area contributed by atoms with Crippen LogP contribution in [-0.2, 0) is 51.3 Å². The summed E-state index contributed by atoms with van der Waals surface area (Å²) >= 11 is 3.42. The maximum Gasteiger partial charge on any atom is 0.391 e. The summed E-state index contributed by atoms with van der Waals surface area (Å²) in [7, 11) is 3.36. The number of amides is 5. The van der Waals surface area contributed by atoms with E-state index in [2.05, 4.69) is 26.6 Å². The normalized spacial score (nSPS) is 14.7. The van der Waals surface area contributed by atoms with E-state index in [1.807, 2.05) is 34.9 Å². The summed E-state index contributed by atoms with van der Waals surface area (Å²) in [4.78, 5) is 98.7. The van der Waals surface area contributed by atoms with Gasteiger partial charge in [-0.05, 0) is 67.3 Å². The van der Waals surface area contributed by atoms with Crippen molar-refractivity contribution in [2.45, 2.75) is 147 Å². The number of benzene rings is 2. The standard InChI is InChI=1S/C50H65BrF6N8O9/c1-28(2)22-37(61-42(66)39(23-29(3)4)63(7)44(68)35(59)25-50(55,56)57)46(70)64(8)40(24-32-27-65(38-13-10-9-12-34(32)38)26-31-15-17-33(51)18-16-31)43(67)60-36(19-20-49(52,53)54)45(69)62(6)30(5)48(73)74-41(47(71)72)14-11-21-58/h9-10,12-13,15-18,27-30,35-37,39-41H,11,14,19-20,22-26,59H2,1-8H3,(H,60,67)(H,61,66)(H,71,72)/t30-,35-,36-,37-,39-,40-,41+/m0/s1. The van der Waals surface area contributed by atoms with Gasteiger partial charge in [0.2, 0.25) is 29.5 Å². The van der Waals surface area contributed by atoms with E-state index in [-0.39, 0.29) is 37.5 Å². The number of carbonyl (C=O) groups is 7. The van der Waals surface area contributed by atoms with Gasteiger partial charge in [0, 0.05) is 74.9 Å². The summed E-state index contributed by atoms with van der Waals surface area (Å²) in [5.74, 6) is -8.87. The number of fused-ring (bicyclic) bond motifs is 1. The number of aromatic nitrogens is 1. The van der Waals surface area contributed by atoms with Gasteiger partial charge in [0.25, 0.3) is 0 Å². The maximum atomic E-state index is 14.9. The average molecular weight is 1120 g/mol. The molecule has 408 valence electrons. The van der Waals surface area contributed by atoms with Crippen LogP contribution in [0.3, 0.4) is 0 Å². The van der Waals surface area contributed by atoms with E-state index in [1.54, 1.807) is 58.2 Å². The van der Waals surface area contributed by atoms with Gasteiger partial charge in [-0.3, -0.25) is 24.0 Å². The van der Waals surface area contributed by atoms with E-state index in [9.17, 15) is 65.0 Å². The minimum atomic E-state index is -4.86. The molecule has 0 spiro atoms. The van der Waals surface area contributed by atoms with Crippen molar-refractivity contribution in [2.24, 2.45) is 17.6 Å². The summed E-state index contributed by atoms with van der Waals surface area (Å²) in [6.07, 6.45) is -15.2. The topological polar surface area (TPSA) is 237 Å². The third-order valence-corrected chi connectivity index (χ3v) is 12.8. The number of likely N-dealkylation sites (N-methyl/N-ethyl adjacent to an activating group) is 3. The molecule has 0 saturated carbocycles. The molecular weight excluding hydrogens is 1050 g/mol. The Hall–Kier alpha value is -6.22. The van der Waals surface area contributed by atoms with Crippen molar-refractivity contribution in [3.05, 3.63) is 70.3 Å². The van der Waals surface area contributed by atoms with Gasteiger partial charge in [0.1, 0.15) is 30.2 Å². The van der Waals surface area contributed by atoms with Gasteiger partial charge in [-0.1, -0.05) is 74.0 Å². The molecule has 0 radical (unpaired) electrons. The number of ether oxygens (including phenoxy) is 1. The third-order valence-electron chi connectivity index (χ3n) is 12.2. The van der Waals surface area contributed by atoms with Gasteiger partial charge in [0.15, 0.2) is 6.10 Å². The van der Waals surface area contributed by atoms with Crippen molar-refractivity contribution in [3.63, 3.8) is 0 Å². The second kappa shape index (κ2) is 27.4. The molecule has 0 unspecified atom stereocenters. The number of nitrogens with one attached hydrogen (secondary N) is 2. The Kier molecular flexibility index (Phi) is 22.9. The van der Waals surface area contributed by atoms with Crippen molar-refractivity contribution in [3.8, 4) is 6.07 Å². The Labute approximate surface area is 434 Å². The predicted molar refractivity (Wildman–Crippen MR) is 263 cm³/mol. The monoisotopic (exact) mass is 1110 g/mol. The van der Waals surface area contributed by atoms with Crippen molar-refractivity contribution < 1.29 is 69.7 Å². The van der Waals surface area contributed by atoms with Crippen LogP contribution in [0.1, 0.15) is 90.7 Å². The minimum Gasteiger partial charge on any atom is -0.479 e. The van der Waals surface area contributed by atoms with Crippen LogP contribution >= 0.6 is 15.9 Å². The summed E-state index contributed by atoms with van der Waals surface area (Å²) < 4.78 is 89.3. The highest BCUT2D eigenvalue weighted by molar-refractivity contribution is 9.10. The van der Waals surface area contributed by atoms with Gasteiger partial charge in [-0.2, -0.15) is 31.6 Å². The van der Waals surface area contributed by atoms with Crippen LogP contribution in [-0.4, -0.2) is 142 Å². The van der Waals surface area contributed by atoms with Crippen LogP contribution in [0.4, 0.5) is 26.3 Å². The summed E-state index contributed by atoms with van der Waals surface area (Å²) in [6.45, 7) is 8.28. The molecule has 2 aromatic carbocycles. The minimum absolute atomic E-state index is 0.0694. The van der Waals surface area contributed by atoms with Crippen LogP contribution in [0.15, 0.2) is 59.2 Å². The molecule has 3 aromatic rings. The van der Waals surface area contributed by atoms with Crippen molar-refractivity contribution in [1.29, 1.82) is 5.26 Å². The number of para-hydroxylation sites is 1. The molecule has 3 rings (SSSR count). The first-order chi connectivity index (χ1) is 34.3. The molecule has 0 aliphatic carbocycles. The Balaban J connectivity index is 2.16. The lowest BCUT2D eigenvalue weighted by Gasteiger charge is -2.35. The summed E-state index contributed by atoms with van der Waals surface area (Å²) in [6, 6.07) is 6.06. The largest absolute Gasteiger partial charge is 0.479 e. The van der Waals surface area contributed by atoms with E-state index >= 15 is 0 Å². The number of nitrogens with two attached hydrogens (primary N) is 1. The lowest BCUT2D eigenvalue weighted by atomic mass is 9.97. The molecule has 24 heteroatoms. The number of rotatable bonds is 26. The zero-order valence-corrected chi connectivity index (χ0v) is 44.0. The quantitative estimate of drug-likeness (QED) is 0.0501. The zero-order chi connectivity index (χ0) is 56.0. The fourth-order valence-corrected chi connectivity index (χ4v) is 8.38. The van der Waals surface area contributed by atoms with E-state index < -0.39 is 122 Å². The van der Waals surface area contributed by atoms with Gasteiger partial charge in [0.05, 0.1) is 18.5 Å². The molecule has 5 N–H and O–H groups in total. The van der Waals surface area contributed by atoms with Crippen LogP contribution in [0.25, 0.3) is 10.9 Å². The van der Waals surface area contributed by atoms with E-state index in [0.717, 1.165) is 40.9 Å². The second-order valence-electron chi connectivity index (χ2n) is 19.1. The molecule has 0 aliphatic heterocycles. The second-order valence-corrected chi connectivity index (χ2v) is 20.0. The number of carboxylic acids is 1. The van der Waals surface area contributed by atoms with Crippen LogP contribution in [0.2, 0.25) is 0 Å². The number of alkyl halides is 6. The van der Waals surface area contributed by atoms with Crippen molar-refractivity contribution in [2.75, 3.05) is 21.1 Å². The highest BCUT2D eigenvalue weighted by Gasteiger charge is 2.41. The zero-order valence-electron chi connectivity index (χ0n) is 42.4. The molecule has 0 aliphatic rings. The lowest BCUT2D eigenvalue weighted by Crippen LogP contribution is -2.60. The maximum absolute atomic E-state index is 14.9. The van der Waals surface area contributed by atoms with E-state index in [4.69, 9.17) is 15.7 Å². The fraction of sp³-hybridized carbons (Fsp3) is 0.560. The first kappa shape index (κ1) is 62.1. The number of halogens is 7. The van der Waals surface area contributed by atoms with Crippen LogP contribution < -0.4 is 16.4 Å². The number of carboxylic acid groups (broad SMARTS) is 1. The number of hydrogen-bond donors (Lipinski definition) is 4. The van der Waals surface area contributed by atoms with Crippen molar-refractivity contribution in [1.82, 2.24) is 29.9 Å². The van der Waals surface area contributed by atoms with Gasteiger partial charge in [-0.25, -0.2) is 9.59 Å². The number of nitrogens with zero attached hydrogens (tertiary/aromatic N) is 5. The first-order valence-electron chi connectivity index (χ1n) is 23.8. The molecule has 17 nitrogen and oxygen atoms in total. The highest BCUT2D eigenvalue weighted by Crippen LogP contribution is 2.28. The Morgan fingerprint density at radius 1 is 0.770 bits per heavy atom. The molecule has 7 atom stereocenters. The van der Waals surface area contributed by atoms with E-state index in [1.165, 1.54) is 7.05 Å². The highest BCUT2D eigenvalue weighted by atomic mass is 79.9. The SMILES string of the molecule is CC(C)C[C@H](NC(=O)[C@H](CC(C)C)N(C)C(=O)[C@@H](N)CC(F)(F)F)C(=O)N(C)[C@@H](Cc1cn(Cc2ccc(Br)cc2)c2ccccc12)C(=O)N[C@@H](CCC(F)(F)F)C(=O)N(C)[C@@H](C)C(=O)O[C@H](CCC#N)C(=O)O. The predicted octanol–water partition coefficient (Wildman–Crippen LogP) is 6.48. The molecule has 0 saturated heterocycles. The number of hydrogen-bond acceptors (Lipinski definition) is 10. The molecular formula is C50H65BrF6N8O9. The Morgan fingerprint density at radius 3 is 1.88 bits per heavy atom. The van der Waals surface area contributed by atoms with Gasteiger partial charge < -0.3 is 45.5 Å². The molecule has 0 fully saturated rings. The number of nitriles is 1. The number of aliphatic carboxylic acids is 1. The van der Waals surface area contributed by atoms with Crippen LogP contribution in [0.5, 0.6) is 0 Å². The van der Waals surface area contributed by atoms with Crippen molar-refractivity contribution >= 4 is 68.3 Å². The number of carbonyl (C=O) groups excluding carboxylic acids is 6. The Bertz CT molecular complexity index is 2480. The summed E-state index contributed by atoms with van der Waals surface area (Å²) in [5.41, 5.74) is 7.70. The Morgan fingerprint density at radius 2 is 1.32 bits per heavy atom. The third kappa shape index (κ3) is 18.6. The fourth-order valence-electron chi connectivity index (χ4n) is 8.11. The molecule has 1 aromatic heterocycles. The van der Waals surface area contributed by atoms with Gasteiger partial charge >= 0.3 is 24.3 Å².